The van der Waals surface area contributed by atoms with E-state index < -0.39 is 5.41 Å². The van der Waals surface area contributed by atoms with Gasteiger partial charge in [0.05, 0.1) is 5.56 Å². The first kappa shape index (κ1) is 16.0. The van der Waals surface area contributed by atoms with Gasteiger partial charge in [-0.1, -0.05) is 20.8 Å². The summed E-state index contributed by atoms with van der Waals surface area (Å²) in [5.74, 6) is -0.131. The number of aryl methyl sites for hydroxylation is 1. The first-order valence-corrected chi connectivity index (χ1v) is 7.97. The molecule has 1 aliphatic heterocycles. The molecule has 1 aromatic rings. The lowest BCUT2D eigenvalue weighted by Gasteiger charge is -2.19. The number of nitrogens with one attached hydrogen (secondary N) is 1. The second kappa shape index (κ2) is 5.77. The topological polar surface area (TPSA) is 75.4 Å². The Bertz CT molecular complexity index is 560. The average Bonchev–Trinajstić information content (AvgIpc) is 2.94. The molecule has 0 aliphatic carbocycles. The number of rotatable bonds is 2. The third-order valence-corrected chi connectivity index (χ3v) is 4.47. The first-order valence-electron chi connectivity index (χ1n) is 7.15. The van der Waals surface area contributed by atoms with Crippen LogP contribution in [0.25, 0.3) is 0 Å². The van der Waals surface area contributed by atoms with E-state index in [0.717, 1.165) is 11.3 Å². The van der Waals surface area contributed by atoms with Gasteiger partial charge in [0, 0.05) is 29.4 Å². The summed E-state index contributed by atoms with van der Waals surface area (Å²) >= 11 is 1.44. The van der Waals surface area contributed by atoms with Crippen LogP contribution in [0.2, 0.25) is 0 Å². The van der Waals surface area contributed by atoms with Crippen molar-refractivity contribution < 1.29 is 9.59 Å². The van der Waals surface area contributed by atoms with Crippen LogP contribution in [0, 0.1) is 12.3 Å². The smallest absolute Gasteiger partial charge is 0.256 e. The average molecular weight is 309 g/mol. The molecule has 2 amide bonds. The van der Waals surface area contributed by atoms with Gasteiger partial charge >= 0.3 is 0 Å². The molecule has 1 fully saturated rings. The molecular weight excluding hydrogens is 286 g/mol. The summed E-state index contributed by atoms with van der Waals surface area (Å²) in [6, 6.07) is 1.90. The fourth-order valence-corrected chi connectivity index (χ4v) is 3.10. The standard InChI is InChI=1S/C15H23N3O2S/c1-9-7-11(13(19)18-6-5-10(16)8-18)12(21-9)17-14(20)15(2,3)4/h7,10H,5-6,8,16H2,1-4H3,(H,17,20)/t10-/m0/s1. The lowest BCUT2D eigenvalue weighted by Crippen LogP contribution is -2.33. The summed E-state index contributed by atoms with van der Waals surface area (Å²) < 4.78 is 0. The summed E-state index contributed by atoms with van der Waals surface area (Å²) in [6.45, 7) is 8.75. The largest absolute Gasteiger partial charge is 0.337 e. The van der Waals surface area contributed by atoms with Crippen LogP contribution in [0.15, 0.2) is 6.07 Å². The van der Waals surface area contributed by atoms with Gasteiger partial charge < -0.3 is 16.0 Å². The van der Waals surface area contributed by atoms with Gasteiger partial charge in [-0.15, -0.1) is 11.3 Å². The van der Waals surface area contributed by atoms with Gasteiger partial charge in [-0.2, -0.15) is 0 Å². The number of nitrogens with two attached hydrogens (primary N) is 1. The van der Waals surface area contributed by atoms with Crippen molar-refractivity contribution >= 4 is 28.2 Å². The van der Waals surface area contributed by atoms with Gasteiger partial charge in [0.25, 0.3) is 5.91 Å². The number of nitrogens with zero attached hydrogens (tertiary/aromatic N) is 1. The predicted octanol–water partition coefficient (Wildman–Crippen LogP) is 2.21. The Hall–Kier alpha value is -1.40. The minimum Gasteiger partial charge on any atom is -0.337 e. The Kier molecular flexibility index (Phi) is 4.39. The molecule has 6 heteroatoms. The Morgan fingerprint density at radius 1 is 1.43 bits per heavy atom. The van der Waals surface area contributed by atoms with E-state index in [-0.39, 0.29) is 17.9 Å². The molecule has 116 valence electrons. The summed E-state index contributed by atoms with van der Waals surface area (Å²) in [7, 11) is 0. The molecule has 1 aromatic heterocycles. The summed E-state index contributed by atoms with van der Waals surface area (Å²) in [4.78, 5) is 27.5. The van der Waals surface area contributed by atoms with Crippen molar-refractivity contribution in [3.05, 3.63) is 16.5 Å². The third-order valence-electron chi connectivity index (χ3n) is 3.51. The van der Waals surface area contributed by atoms with Gasteiger partial charge in [0.15, 0.2) is 0 Å². The fourth-order valence-electron chi connectivity index (χ4n) is 2.20. The number of carbonyl (C=O) groups excluding carboxylic acids is 2. The molecule has 0 radical (unpaired) electrons. The molecule has 0 spiro atoms. The van der Waals surface area contributed by atoms with Crippen molar-refractivity contribution in [3.8, 4) is 0 Å². The van der Waals surface area contributed by atoms with Gasteiger partial charge in [-0.3, -0.25) is 9.59 Å². The lowest BCUT2D eigenvalue weighted by molar-refractivity contribution is -0.123. The summed E-state index contributed by atoms with van der Waals surface area (Å²) in [5, 5.41) is 3.52. The van der Waals surface area contributed by atoms with E-state index in [4.69, 9.17) is 5.73 Å². The summed E-state index contributed by atoms with van der Waals surface area (Å²) in [6.07, 6.45) is 0.832. The van der Waals surface area contributed by atoms with E-state index >= 15 is 0 Å². The lowest BCUT2D eigenvalue weighted by atomic mass is 9.96. The number of amides is 2. The van der Waals surface area contributed by atoms with Crippen LogP contribution in [0.3, 0.4) is 0 Å². The maximum Gasteiger partial charge on any atom is 0.256 e. The summed E-state index contributed by atoms with van der Waals surface area (Å²) in [5.41, 5.74) is 5.94. The van der Waals surface area contributed by atoms with Gasteiger partial charge in [0.2, 0.25) is 5.91 Å². The van der Waals surface area contributed by atoms with E-state index in [0.29, 0.717) is 23.7 Å². The Balaban J connectivity index is 2.21. The molecule has 0 saturated carbocycles. The maximum atomic E-state index is 12.6. The normalized spacial score (nSPS) is 18.9. The number of hydrogen-bond acceptors (Lipinski definition) is 4. The zero-order chi connectivity index (χ0) is 15.8. The molecule has 0 aromatic carbocycles. The van der Waals surface area contributed by atoms with E-state index in [1.807, 2.05) is 33.8 Å². The van der Waals surface area contributed by atoms with E-state index in [9.17, 15) is 9.59 Å². The zero-order valence-electron chi connectivity index (χ0n) is 13.0. The number of thiophene rings is 1. The first-order chi connectivity index (χ1) is 9.68. The van der Waals surface area contributed by atoms with Crippen molar-refractivity contribution in [3.63, 3.8) is 0 Å². The molecule has 2 rings (SSSR count). The molecule has 1 atom stereocenters. The fraction of sp³-hybridized carbons (Fsp3) is 0.600. The van der Waals surface area contributed by atoms with E-state index in [1.54, 1.807) is 4.90 Å². The van der Waals surface area contributed by atoms with Crippen LogP contribution < -0.4 is 11.1 Å². The van der Waals surface area contributed by atoms with Crippen LogP contribution >= 0.6 is 11.3 Å². The second-order valence-corrected chi connectivity index (χ2v) is 7.86. The third kappa shape index (κ3) is 3.63. The number of likely N-dealkylation sites (tertiary alicyclic amines) is 1. The molecule has 1 aliphatic rings. The predicted molar refractivity (Wildman–Crippen MR) is 85.6 cm³/mol. The van der Waals surface area contributed by atoms with Crippen LogP contribution in [-0.4, -0.2) is 35.8 Å². The van der Waals surface area contributed by atoms with E-state index in [2.05, 4.69) is 5.32 Å². The Morgan fingerprint density at radius 3 is 2.62 bits per heavy atom. The van der Waals surface area contributed by atoms with Crippen molar-refractivity contribution in [2.75, 3.05) is 18.4 Å². The Morgan fingerprint density at radius 2 is 2.10 bits per heavy atom. The van der Waals surface area contributed by atoms with Crippen LogP contribution in [0.4, 0.5) is 5.00 Å². The minimum absolute atomic E-state index is 0.0449. The molecule has 5 nitrogen and oxygen atoms in total. The Labute approximate surface area is 129 Å². The zero-order valence-corrected chi connectivity index (χ0v) is 13.8. The number of anilines is 1. The monoisotopic (exact) mass is 309 g/mol. The van der Waals surface area contributed by atoms with Gasteiger partial charge in [-0.05, 0) is 19.4 Å². The highest BCUT2D eigenvalue weighted by Gasteiger charge is 2.29. The molecule has 2 heterocycles. The van der Waals surface area contributed by atoms with E-state index in [1.165, 1.54) is 11.3 Å². The SMILES string of the molecule is Cc1cc(C(=O)N2CC[C@H](N)C2)c(NC(=O)C(C)(C)C)s1. The van der Waals surface area contributed by atoms with Gasteiger partial charge in [0.1, 0.15) is 5.00 Å². The molecule has 0 bridgehead atoms. The highest BCUT2D eigenvalue weighted by Crippen LogP contribution is 2.31. The van der Waals surface area contributed by atoms with Crippen molar-refractivity contribution in [1.82, 2.24) is 4.90 Å². The maximum absolute atomic E-state index is 12.6. The highest BCUT2D eigenvalue weighted by atomic mass is 32.1. The van der Waals surface area contributed by atoms with Crippen molar-refractivity contribution in [1.29, 1.82) is 0 Å². The number of carbonyl (C=O) groups is 2. The molecule has 3 N–H and O–H groups in total. The van der Waals surface area contributed by atoms with Crippen LogP contribution in [0.5, 0.6) is 0 Å². The molecule has 0 unspecified atom stereocenters. The minimum atomic E-state index is -0.492. The molecule has 1 saturated heterocycles. The van der Waals surface area contributed by atoms with Crippen molar-refractivity contribution in [2.45, 2.75) is 40.2 Å². The van der Waals surface area contributed by atoms with Crippen molar-refractivity contribution in [2.24, 2.45) is 11.1 Å². The van der Waals surface area contributed by atoms with Crippen LogP contribution in [0.1, 0.15) is 42.4 Å². The second-order valence-electron chi connectivity index (χ2n) is 6.60. The van der Waals surface area contributed by atoms with Crippen LogP contribution in [-0.2, 0) is 4.79 Å². The highest BCUT2D eigenvalue weighted by molar-refractivity contribution is 7.16. The number of hydrogen-bond donors (Lipinski definition) is 2. The quantitative estimate of drug-likeness (QED) is 0.879. The molecular formula is C15H23N3O2S. The van der Waals surface area contributed by atoms with Gasteiger partial charge in [-0.25, -0.2) is 0 Å². The molecule has 21 heavy (non-hydrogen) atoms.